The number of amides is 1. The van der Waals surface area contributed by atoms with Crippen molar-refractivity contribution in [2.24, 2.45) is 0 Å². The van der Waals surface area contributed by atoms with Crippen molar-refractivity contribution in [3.05, 3.63) is 71.4 Å². The van der Waals surface area contributed by atoms with Crippen molar-refractivity contribution >= 4 is 18.0 Å². The lowest BCUT2D eigenvalue weighted by atomic mass is 10.1. The van der Waals surface area contributed by atoms with Crippen LogP contribution < -0.4 is 27.4 Å². The number of quaternary nitrogens is 1. The number of ether oxygens (including phenoxy) is 2. The van der Waals surface area contributed by atoms with Gasteiger partial charge in [0.25, 0.3) is 5.91 Å². The summed E-state index contributed by atoms with van der Waals surface area (Å²) in [5.41, 5.74) is 1.30. The Balaban J connectivity index is 0.00000450. The second-order valence-electron chi connectivity index (χ2n) is 7.21. The highest BCUT2D eigenvalue weighted by molar-refractivity contribution is 6.03. The molecule has 0 saturated heterocycles. The molecule has 6 nitrogen and oxygen atoms in total. The smallest absolute Gasteiger partial charge is 0.355 e. The fraction of sp³-hybridized carbons (Fsp3) is 0.304. The number of nitrogens with one attached hydrogen (secondary N) is 2. The first kappa shape index (κ1) is 25.2. The normalized spacial score (nSPS) is 11.1. The quantitative estimate of drug-likeness (QED) is 0.391. The van der Waals surface area contributed by atoms with Gasteiger partial charge in [0, 0.05) is 5.56 Å². The van der Waals surface area contributed by atoms with Gasteiger partial charge in [-0.05, 0) is 49.8 Å². The second-order valence-corrected chi connectivity index (χ2v) is 7.21. The molecule has 2 N–H and O–H groups in total. The maximum absolute atomic E-state index is 12.6. The summed E-state index contributed by atoms with van der Waals surface area (Å²) in [7, 11) is 3.95. The molecule has 0 aliphatic rings. The highest BCUT2D eigenvalue weighted by Crippen LogP contribution is 2.16. The van der Waals surface area contributed by atoms with E-state index in [0.29, 0.717) is 12.1 Å². The summed E-state index contributed by atoms with van der Waals surface area (Å²) in [6.07, 6.45) is 1.68. The maximum Gasteiger partial charge on any atom is 0.355 e. The third-order valence-corrected chi connectivity index (χ3v) is 3.90. The number of esters is 1. The Morgan fingerprint density at radius 2 is 1.67 bits per heavy atom. The maximum atomic E-state index is 12.6. The molecule has 0 radical (unpaired) electrons. The van der Waals surface area contributed by atoms with Crippen molar-refractivity contribution in [3.8, 4) is 5.75 Å². The molecule has 0 unspecified atom stereocenters. The molecular formula is C23H29ClN2O4. The average Bonchev–Trinajstić information content (AvgIpc) is 2.68. The van der Waals surface area contributed by atoms with Gasteiger partial charge in [-0.2, -0.15) is 0 Å². The van der Waals surface area contributed by atoms with E-state index < -0.39 is 5.97 Å². The summed E-state index contributed by atoms with van der Waals surface area (Å²) in [5.74, 6) is -0.201. The van der Waals surface area contributed by atoms with E-state index in [1.807, 2.05) is 58.3 Å². The number of hydrogen-bond donors (Lipinski definition) is 2. The van der Waals surface area contributed by atoms with Gasteiger partial charge in [-0.1, -0.05) is 30.3 Å². The Kier molecular flexibility index (Phi) is 10.6. The van der Waals surface area contributed by atoms with Crippen LogP contribution in [0.5, 0.6) is 5.75 Å². The van der Waals surface area contributed by atoms with Gasteiger partial charge >= 0.3 is 5.97 Å². The van der Waals surface area contributed by atoms with Crippen molar-refractivity contribution < 1.29 is 36.4 Å². The van der Waals surface area contributed by atoms with E-state index in [1.165, 1.54) is 0 Å². The number of carbonyl (C=O) groups excluding carboxylic acids is 2. The Hall–Kier alpha value is -2.83. The number of benzene rings is 2. The van der Waals surface area contributed by atoms with Crippen molar-refractivity contribution in [3.63, 3.8) is 0 Å². The highest BCUT2D eigenvalue weighted by atomic mass is 35.5. The summed E-state index contributed by atoms with van der Waals surface area (Å²) < 4.78 is 11.0. The molecule has 2 aromatic rings. The van der Waals surface area contributed by atoms with Crippen molar-refractivity contribution in [1.29, 1.82) is 0 Å². The lowest BCUT2D eigenvalue weighted by molar-refractivity contribution is -0.858. The van der Waals surface area contributed by atoms with E-state index >= 15 is 0 Å². The first-order chi connectivity index (χ1) is 13.8. The number of likely N-dealkylation sites (N-methyl/N-ethyl adjacent to an activating group) is 1. The molecule has 0 bridgehead atoms. The van der Waals surface area contributed by atoms with E-state index in [1.54, 1.807) is 30.3 Å². The first-order valence-corrected chi connectivity index (χ1v) is 9.66. The van der Waals surface area contributed by atoms with Crippen LogP contribution in [0.15, 0.2) is 60.3 Å². The minimum absolute atomic E-state index is 0. The number of rotatable bonds is 9. The molecule has 0 aliphatic heterocycles. The third kappa shape index (κ3) is 8.68. The van der Waals surface area contributed by atoms with Crippen LogP contribution in [0.25, 0.3) is 6.08 Å². The lowest BCUT2D eigenvalue weighted by Gasteiger charge is -2.12. The van der Waals surface area contributed by atoms with Crippen LogP contribution in [0.1, 0.15) is 29.8 Å². The van der Waals surface area contributed by atoms with E-state index in [4.69, 9.17) is 9.47 Å². The molecule has 30 heavy (non-hydrogen) atoms. The van der Waals surface area contributed by atoms with Gasteiger partial charge in [0.2, 0.25) is 0 Å². The van der Waals surface area contributed by atoms with E-state index in [0.717, 1.165) is 16.2 Å². The van der Waals surface area contributed by atoms with Crippen molar-refractivity contribution in [2.75, 3.05) is 27.2 Å². The Morgan fingerprint density at radius 1 is 1.03 bits per heavy atom. The fourth-order valence-corrected chi connectivity index (χ4v) is 2.44. The van der Waals surface area contributed by atoms with Gasteiger partial charge in [0.15, 0.2) is 0 Å². The Bertz CT molecular complexity index is 834. The molecule has 7 heteroatoms. The number of carbonyl (C=O) groups is 2. The third-order valence-electron chi connectivity index (χ3n) is 3.90. The van der Waals surface area contributed by atoms with Crippen LogP contribution in [0.4, 0.5) is 0 Å². The van der Waals surface area contributed by atoms with Gasteiger partial charge in [-0.25, -0.2) is 4.79 Å². The first-order valence-electron chi connectivity index (χ1n) is 9.66. The minimum atomic E-state index is -0.571. The summed E-state index contributed by atoms with van der Waals surface area (Å²) in [5, 5.41) is 2.68. The van der Waals surface area contributed by atoms with Crippen LogP contribution in [0, 0.1) is 0 Å². The minimum Gasteiger partial charge on any atom is -1.00 e. The molecule has 2 rings (SSSR count). The van der Waals surface area contributed by atoms with Gasteiger partial charge in [-0.15, -0.1) is 0 Å². The standard InChI is InChI=1S/C23H28N2O4.ClH/c1-17(2)29-20-12-10-18(11-13-20)16-21(23(27)28-15-14-25(3)4)24-22(26)19-8-6-5-7-9-19;/h5-13,16-17H,14-15H2,1-4H3,(H,24,26);1H/b21-16+;. The largest absolute Gasteiger partial charge is 1.00 e. The van der Waals surface area contributed by atoms with Crippen LogP contribution in [0.3, 0.4) is 0 Å². The molecule has 0 aromatic heterocycles. The molecule has 0 aliphatic carbocycles. The van der Waals surface area contributed by atoms with Gasteiger partial charge in [0.1, 0.15) is 24.6 Å². The molecule has 0 fully saturated rings. The highest BCUT2D eigenvalue weighted by Gasteiger charge is 2.16. The lowest BCUT2D eigenvalue weighted by Crippen LogP contribution is -3.06. The Morgan fingerprint density at radius 3 is 2.23 bits per heavy atom. The van der Waals surface area contributed by atoms with Crippen LogP contribution >= 0.6 is 0 Å². The number of hydrogen-bond acceptors (Lipinski definition) is 4. The molecule has 1 amide bonds. The molecule has 0 spiro atoms. The molecule has 0 saturated carbocycles. The monoisotopic (exact) mass is 432 g/mol. The zero-order chi connectivity index (χ0) is 21.2. The molecular weight excluding hydrogens is 404 g/mol. The van der Waals surface area contributed by atoms with Gasteiger partial charge in [-0.3, -0.25) is 4.79 Å². The molecule has 162 valence electrons. The summed E-state index contributed by atoms with van der Waals surface area (Å²) in [6, 6.07) is 16.0. The van der Waals surface area contributed by atoms with Crippen LogP contribution in [0.2, 0.25) is 0 Å². The zero-order valence-corrected chi connectivity index (χ0v) is 18.5. The predicted molar refractivity (Wildman–Crippen MR) is 113 cm³/mol. The summed E-state index contributed by atoms with van der Waals surface area (Å²) in [6.45, 7) is 4.85. The fourth-order valence-electron chi connectivity index (χ4n) is 2.44. The van der Waals surface area contributed by atoms with E-state index in [-0.39, 0.29) is 36.7 Å². The van der Waals surface area contributed by atoms with Crippen LogP contribution in [-0.2, 0) is 9.53 Å². The topological polar surface area (TPSA) is 69.1 Å². The van der Waals surface area contributed by atoms with Gasteiger partial charge < -0.3 is 32.1 Å². The predicted octanol–water partition coefficient (Wildman–Crippen LogP) is -1.06. The molecule has 2 aromatic carbocycles. The van der Waals surface area contributed by atoms with Gasteiger partial charge in [0.05, 0.1) is 20.2 Å². The summed E-state index contributed by atoms with van der Waals surface area (Å²) in [4.78, 5) is 26.3. The van der Waals surface area contributed by atoms with E-state index in [9.17, 15) is 9.59 Å². The zero-order valence-electron chi connectivity index (χ0n) is 17.8. The summed E-state index contributed by atoms with van der Waals surface area (Å²) >= 11 is 0. The van der Waals surface area contributed by atoms with Crippen molar-refractivity contribution in [1.82, 2.24) is 5.32 Å². The SMILES string of the molecule is CC(C)Oc1ccc(/C=C(/NC(=O)c2ccccc2)C(=O)OCC[NH+](C)C)cc1.[Cl-]. The van der Waals surface area contributed by atoms with Crippen LogP contribution in [-0.4, -0.2) is 45.2 Å². The number of halogens is 1. The van der Waals surface area contributed by atoms with E-state index in [2.05, 4.69) is 5.32 Å². The second kappa shape index (κ2) is 12.7. The molecule has 0 heterocycles. The average molecular weight is 433 g/mol. The molecule has 0 atom stereocenters. The van der Waals surface area contributed by atoms with Crippen molar-refractivity contribution in [2.45, 2.75) is 20.0 Å². The Labute approximate surface area is 184 Å².